The van der Waals surface area contributed by atoms with Gasteiger partial charge in [0.1, 0.15) is 0 Å². The lowest BCUT2D eigenvalue weighted by molar-refractivity contribution is 0.588. The van der Waals surface area contributed by atoms with E-state index in [2.05, 4.69) is 9.71 Å². The van der Waals surface area contributed by atoms with Crippen molar-refractivity contribution in [3.63, 3.8) is 0 Å². The first-order chi connectivity index (χ1) is 8.37. The van der Waals surface area contributed by atoms with Gasteiger partial charge in [-0.3, -0.25) is 0 Å². The summed E-state index contributed by atoms with van der Waals surface area (Å²) >= 11 is 5.98. The van der Waals surface area contributed by atoms with Crippen LogP contribution in [0.15, 0.2) is 18.2 Å². The average molecular weight is 287 g/mol. The first-order valence-electron chi connectivity index (χ1n) is 5.58. The molecular formula is C12H15ClN2O2S. The maximum atomic E-state index is 11.0. The van der Waals surface area contributed by atoms with Crippen LogP contribution >= 0.6 is 11.6 Å². The Hall–Kier alpha value is -1.04. The molecule has 0 unspecified atom stereocenters. The molecule has 2 rings (SSSR count). The number of aryl methyl sites for hydroxylation is 1. The molecule has 0 radical (unpaired) electrons. The van der Waals surface area contributed by atoms with E-state index in [4.69, 9.17) is 11.6 Å². The molecule has 0 saturated heterocycles. The van der Waals surface area contributed by atoms with E-state index in [1.807, 2.05) is 25.1 Å². The third-order valence-electron chi connectivity index (χ3n) is 2.82. The van der Waals surface area contributed by atoms with E-state index < -0.39 is 10.0 Å². The molecule has 0 fully saturated rings. The van der Waals surface area contributed by atoms with Gasteiger partial charge < -0.3 is 4.98 Å². The highest BCUT2D eigenvalue weighted by molar-refractivity contribution is 7.88. The fraction of sp³-hybridized carbons (Fsp3) is 0.333. The summed E-state index contributed by atoms with van der Waals surface area (Å²) in [5.41, 5.74) is 3.16. The quantitative estimate of drug-likeness (QED) is 0.905. The Balaban J connectivity index is 2.27. The maximum absolute atomic E-state index is 11.0. The minimum atomic E-state index is -3.14. The number of sulfonamides is 1. The molecular weight excluding hydrogens is 272 g/mol. The number of benzene rings is 1. The van der Waals surface area contributed by atoms with E-state index in [1.165, 1.54) is 0 Å². The highest BCUT2D eigenvalue weighted by atomic mass is 35.5. The number of rotatable bonds is 4. The van der Waals surface area contributed by atoms with Crippen molar-refractivity contribution in [1.82, 2.24) is 9.71 Å². The number of aromatic amines is 1. The molecule has 0 bridgehead atoms. The normalized spacial score (nSPS) is 12.2. The van der Waals surface area contributed by atoms with Crippen molar-refractivity contribution in [2.75, 3.05) is 12.8 Å². The number of halogens is 1. The van der Waals surface area contributed by atoms with Crippen LogP contribution in [0.4, 0.5) is 0 Å². The fourth-order valence-electron chi connectivity index (χ4n) is 2.04. The molecule has 0 amide bonds. The van der Waals surface area contributed by atoms with Gasteiger partial charge in [-0.25, -0.2) is 13.1 Å². The van der Waals surface area contributed by atoms with Crippen molar-refractivity contribution in [2.45, 2.75) is 13.3 Å². The number of nitrogens with one attached hydrogen (secondary N) is 2. The molecule has 98 valence electrons. The van der Waals surface area contributed by atoms with Gasteiger partial charge in [0, 0.05) is 28.2 Å². The zero-order valence-electron chi connectivity index (χ0n) is 10.2. The Bertz CT molecular complexity index is 677. The number of hydrogen-bond acceptors (Lipinski definition) is 2. The van der Waals surface area contributed by atoms with Crippen LogP contribution in [0.3, 0.4) is 0 Å². The highest BCUT2D eigenvalue weighted by Crippen LogP contribution is 2.25. The summed E-state index contributed by atoms with van der Waals surface area (Å²) < 4.78 is 24.5. The molecule has 18 heavy (non-hydrogen) atoms. The minimum Gasteiger partial charge on any atom is -0.358 e. The summed E-state index contributed by atoms with van der Waals surface area (Å²) in [6, 6.07) is 5.66. The standard InChI is InChI=1S/C12H15ClN2O2S/c1-8-10(5-6-14-18(2,16)17)11-7-9(13)3-4-12(11)15-8/h3-4,7,14-15H,5-6H2,1-2H3. The molecule has 0 aliphatic rings. The third kappa shape index (κ3) is 3.04. The van der Waals surface area contributed by atoms with Crippen LogP contribution in [0.1, 0.15) is 11.3 Å². The molecule has 4 nitrogen and oxygen atoms in total. The van der Waals surface area contributed by atoms with Crippen molar-refractivity contribution >= 4 is 32.5 Å². The lowest BCUT2D eigenvalue weighted by atomic mass is 10.1. The van der Waals surface area contributed by atoms with Gasteiger partial charge in [0.25, 0.3) is 0 Å². The number of hydrogen-bond donors (Lipinski definition) is 2. The number of fused-ring (bicyclic) bond motifs is 1. The molecule has 1 aromatic heterocycles. The van der Waals surface area contributed by atoms with Gasteiger partial charge in [-0.15, -0.1) is 0 Å². The van der Waals surface area contributed by atoms with E-state index in [1.54, 1.807) is 0 Å². The molecule has 0 spiro atoms. The summed E-state index contributed by atoms with van der Waals surface area (Å²) in [5.74, 6) is 0. The summed E-state index contributed by atoms with van der Waals surface area (Å²) in [4.78, 5) is 3.27. The van der Waals surface area contributed by atoms with Crippen LogP contribution in [0.25, 0.3) is 10.9 Å². The monoisotopic (exact) mass is 286 g/mol. The van der Waals surface area contributed by atoms with E-state index in [0.29, 0.717) is 18.0 Å². The molecule has 2 N–H and O–H groups in total. The van der Waals surface area contributed by atoms with Crippen LogP contribution in [0, 0.1) is 6.92 Å². The van der Waals surface area contributed by atoms with Crippen molar-refractivity contribution in [3.8, 4) is 0 Å². The molecule has 0 aliphatic carbocycles. The summed E-state index contributed by atoms with van der Waals surface area (Å²) in [5, 5.41) is 1.73. The molecule has 0 aliphatic heterocycles. The van der Waals surface area contributed by atoms with Crippen LogP contribution in [0.2, 0.25) is 5.02 Å². The molecule has 0 atom stereocenters. The number of H-pyrrole nitrogens is 1. The van der Waals surface area contributed by atoms with Crippen molar-refractivity contribution in [1.29, 1.82) is 0 Å². The van der Waals surface area contributed by atoms with Crippen LogP contribution in [-0.4, -0.2) is 26.2 Å². The second-order valence-electron chi connectivity index (χ2n) is 4.33. The fourth-order valence-corrected chi connectivity index (χ4v) is 2.68. The summed E-state index contributed by atoms with van der Waals surface area (Å²) in [6.45, 7) is 2.36. The maximum Gasteiger partial charge on any atom is 0.208 e. The second kappa shape index (κ2) is 4.91. The molecule has 6 heteroatoms. The van der Waals surface area contributed by atoms with Gasteiger partial charge in [0.05, 0.1) is 6.26 Å². The zero-order chi connectivity index (χ0) is 13.3. The van der Waals surface area contributed by atoms with Crippen molar-refractivity contribution in [2.24, 2.45) is 0 Å². The predicted molar refractivity (Wildman–Crippen MR) is 74.6 cm³/mol. The SMILES string of the molecule is Cc1[nH]c2ccc(Cl)cc2c1CCNS(C)(=O)=O. The third-order valence-corrected chi connectivity index (χ3v) is 3.78. The molecule has 1 heterocycles. The molecule has 2 aromatic rings. The Morgan fingerprint density at radius 3 is 2.78 bits per heavy atom. The summed E-state index contributed by atoms with van der Waals surface area (Å²) in [7, 11) is -3.14. The Labute approximate surface area is 111 Å². The number of aromatic nitrogens is 1. The van der Waals surface area contributed by atoms with E-state index >= 15 is 0 Å². The Morgan fingerprint density at radius 1 is 1.39 bits per heavy atom. The lowest BCUT2D eigenvalue weighted by Gasteiger charge is -2.03. The van der Waals surface area contributed by atoms with Gasteiger partial charge in [0.15, 0.2) is 0 Å². The highest BCUT2D eigenvalue weighted by Gasteiger charge is 2.09. The second-order valence-corrected chi connectivity index (χ2v) is 6.60. The van der Waals surface area contributed by atoms with Crippen molar-refractivity contribution in [3.05, 3.63) is 34.5 Å². The zero-order valence-corrected chi connectivity index (χ0v) is 11.8. The topological polar surface area (TPSA) is 62.0 Å². The minimum absolute atomic E-state index is 0.388. The van der Waals surface area contributed by atoms with E-state index in [0.717, 1.165) is 28.4 Å². The molecule has 1 aromatic carbocycles. The van der Waals surface area contributed by atoms with Crippen LogP contribution in [-0.2, 0) is 16.4 Å². The lowest BCUT2D eigenvalue weighted by Crippen LogP contribution is -2.24. The van der Waals surface area contributed by atoms with Gasteiger partial charge >= 0.3 is 0 Å². The molecule has 0 saturated carbocycles. The first kappa shape index (κ1) is 13.4. The smallest absolute Gasteiger partial charge is 0.208 e. The van der Waals surface area contributed by atoms with Crippen molar-refractivity contribution < 1.29 is 8.42 Å². The first-order valence-corrected chi connectivity index (χ1v) is 7.85. The Kier molecular flexibility index (Phi) is 3.66. The average Bonchev–Trinajstić information content (AvgIpc) is 2.54. The van der Waals surface area contributed by atoms with Gasteiger partial charge in [0.2, 0.25) is 10.0 Å². The summed E-state index contributed by atoms with van der Waals surface area (Å²) in [6.07, 6.45) is 1.80. The van der Waals surface area contributed by atoms with Gasteiger partial charge in [-0.05, 0) is 37.1 Å². The van der Waals surface area contributed by atoms with E-state index in [-0.39, 0.29) is 0 Å². The predicted octanol–water partition coefficient (Wildman–Crippen LogP) is 2.22. The Morgan fingerprint density at radius 2 is 2.11 bits per heavy atom. The van der Waals surface area contributed by atoms with Crippen LogP contribution < -0.4 is 4.72 Å². The van der Waals surface area contributed by atoms with E-state index in [9.17, 15) is 8.42 Å². The van der Waals surface area contributed by atoms with Crippen LogP contribution in [0.5, 0.6) is 0 Å². The van der Waals surface area contributed by atoms with Gasteiger partial charge in [-0.2, -0.15) is 0 Å². The van der Waals surface area contributed by atoms with Gasteiger partial charge in [-0.1, -0.05) is 11.6 Å². The largest absolute Gasteiger partial charge is 0.358 e.